The average Bonchev–Trinajstić information content (AvgIpc) is 2.72. The number of hydrogen-bond donors (Lipinski definition) is 2. The fourth-order valence-electron chi connectivity index (χ4n) is 2.48. The molecule has 0 radical (unpaired) electrons. The van der Waals surface area contributed by atoms with E-state index in [0.717, 1.165) is 38.9 Å². The van der Waals surface area contributed by atoms with Gasteiger partial charge in [0.15, 0.2) is 0 Å². The van der Waals surface area contributed by atoms with Crippen LogP contribution in [0.25, 0.3) is 0 Å². The first-order valence-electron chi connectivity index (χ1n) is 5.83. The maximum atomic E-state index is 11.9. The molecule has 1 unspecified atom stereocenters. The quantitative estimate of drug-likeness (QED) is 0.698. The number of piperidine rings is 1. The molecule has 0 amide bonds. The van der Waals surface area contributed by atoms with Gasteiger partial charge in [-0.1, -0.05) is 0 Å². The molecule has 0 aromatic heterocycles. The molecule has 2 heterocycles. The van der Waals surface area contributed by atoms with E-state index in [1.807, 2.05) is 0 Å². The summed E-state index contributed by atoms with van der Waals surface area (Å²) in [6.45, 7) is 3.15. The van der Waals surface area contributed by atoms with Crippen molar-refractivity contribution in [2.45, 2.75) is 38.1 Å². The molecule has 2 rings (SSSR count). The standard InChI is InChI=1S/C11H20N2O/c14-11(8-10-2-1-5-13-10)9-3-6-12-7-4-9/h9-10,12-13H,1-8H2. The van der Waals surface area contributed by atoms with Crippen LogP contribution >= 0.6 is 0 Å². The van der Waals surface area contributed by atoms with Gasteiger partial charge in [0.25, 0.3) is 0 Å². The predicted octanol–water partition coefficient (Wildman–Crippen LogP) is 0.697. The Morgan fingerprint density at radius 1 is 1.14 bits per heavy atom. The van der Waals surface area contributed by atoms with Crippen LogP contribution in [0.15, 0.2) is 0 Å². The lowest BCUT2D eigenvalue weighted by atomic mass is 9.90. The Morgan fingerprint density at radius 2 is 1.93 bits per heavy atom. The van der Waals surface area contributed by atoms with Crippen molar-refractivity contribution < 1.29 is 4.79 Å². The smallest absolute Gasteiger partial charge is 0.137 e. The minimum atomic E-state index is 0.346. The Balaban J connectivity index is 1.75. The van der Waals surface area contributed by atoms with Crippen molar-refractivity contribution in [2.75, 3.05) is 19.6 Å². The molecule has 0 spiro atoms. The first-order valence-corrected chi connectivity index (χ1v) is 5.83. The Bertz CT molecular complexity index is 193. The van der Waals surface area contributed by atoms with E-state index in [9.17, 15) is 4.79 Å². The molecule has 2 N–H and O–H groups in total. The summed E-state index contributed by atoms with van der Waals surface area (Å²) in [6, 6.07) is 0.484. The fourth-order valence-corrected chi connectivity index (χ4v) is 2.48. The molecule has 14 heavy (non-hydrogen) atoms. The van der Waals surface area contributed by atoms with Gasteiger partial charge in [0.05, 0.1) is 0 Å². The second-order valence-corrected chi connectivity index (χ2v) is 4.49. The van der Waals surface area contributed by atoms with Crippen LogP contribution < -0.4 is 10.6 Å². The molecular formula is C11H20N2O. The Hall–Kier alpha value is -0.410. The lowest BCUT2D eigenvalue weighted by molar-refractivity contribution is -0.124. The largest absolute Gasteiger partial charge is 0.317 e. The lowest BCUT2D eigenvalue weighted by Crippen LogP contribution is -2.34. The molecule has 3 nitrogen and oxygen atoms in total. The maximum Gasteiger partial charge on any atom is 0.137 e. The third kappa shape index (κ3) is 2.55. The molecule has 1 atom stereocenters. The zero-order valence-electron chi connectivity index (χ0n) is 8.72. The van der Waals surface area contributed by atoms with E-state index in [-0.39, 0.29) is 0 Å². The van der Waals surface area contributed by atoms with E-state index in [1.54, 1.807) is 0 Å². The zero-order valence-corrected chi connectivity index (χ0v) is 8.72. The van der Waals surface area contributed by atoms with E-state index >= 15 is 0 Å². The predicted molar refractivity (Wildman–Crippen MR) is 56.2 cm³/mol. The summed E-state index contributed by atoms with van der Waals surface area (Å²) in [6.07, 6.45) is 5.29. The number of carbonyl (C=O) groups is 1. The van der Waals surface area contributed by atoms with E-state index in [0.29, 0.717) is 17.7 Å². The minimum Gasteiger partial charge on any atom is -0.317 e. The molecule has 80 valence electrons. The molecule has 0 saturated carbocycles. The van der Waals surface area contributed by atoms with Gasteiger partial charge < -0.3 is 10.6 Å². The summed E-state index contributed by atoms with van der Waals surface area (Å²) in [5.74, 6) is 0.838. The molecule has 0 aromatic rings. The molecule has 2 aliphatic rings. The molecule has 0 bridgehead atoms. The second-order valence-electron chi connectivity index (χ2n) is 4.49. The minimum absolute atomic E-state index is 0.346. The number of rotatable bonds is 3. The summed E-state index contributed by atoms with van der Waals surface area (Å²) in [5, 5.41) is 6.69. The highest BCUT2D eigenvalue weighted by Crippen LogP contribution is 2.18. The van der Waals surface area contributed by atoms with Gasteiger partial charge in [0.2, 0.25) is 0 Å². The first kappa shape index (κ1) is 10.1. The van der Waals surface area contributed by atoms with Crippen LogP contribution in [-0.2, 0) is 4.79 Å². The second kappa shape index (κ2) is 4.89. The van der Waals surface area contributed by atoms with E-state index < -0.39 is 0 Å². The SMILES string of the molecule is O=C(CC1CCCN1)C1CCNCC1. The highest BCUT2D eigenvalue weighted by atomic mass is 16.1. The van der Waals surface area contributed by atoms with Crippen LogP contribution in [0.3, 0.4) is 0 Å². The molecule has 0 aromatic carbocycles. The molecule has 3 heteroatoms. The summed E-state index contributed by atoms with van der Waals surface area (Å²) in [7, 11) is 0. The van der Waals surface area contributed by atoms with Gasteiger partial charge in [0, 0.05) is 18.4 Å². The zero-order chi connectivity index (χ0) is 9.80. The molecular weight excluding hydrogens is 176 g/mol. The maximum absolute atomic E-state index is 11.9. The van der Waals surface area contributed by atoms with E-state index in [4.69, 9.17) is 0 Å². The van der Waals surface area contributed by atoms with Crippen LogP contribution in [0.2, 0.25) is 0 Å². The monoisotopic (exact) mass is 196 g/mol. The molecule has 0 aliphatic carbocycles. The van der Waals surface area contributed by atoms with E-state index in [1.165, 1.54) is 12.8 Å². The Kier molecular flexibility index (Phi) is 3.54. The van der Waals surface area contributed by atoms with Gasteiger partial charge in [-0.05, 0) is 45.3 Å². The highest BCUT2D eigenvalue weighted by molar-refractivity contribution is 5.81. The van der Waals surface area contributed by atoms with Gasteiger partial charge >= 0.3 is 0 Å². The summed E-state index contributed by atoms with van der Waals surface area (Å²) in [4.78, 5) is 11.9. The van der Waals surface area contributed by atoms with Gasteiger partial charge in [-0.15, -0.1) is 0 Å². The third-order valence-corrected chi connectivity index (χ3v) is 3.40. The van der Waals surface area contributed by atoms with Crippen LogP contribution in [-0.4, -0.2) is 31.5 Å². The lowest BCUT2D eigenvalue weighted by Gasteiger charge is -2.22. The average molecular weight is 196 g/mol. The van der Waals surface area contributed by atoms with Crippen LogP contribution in [0.4, 0.5) is 0 Å². The number of hydrogen-bond acceptors (Lipinski definition) is 3. The van der Waals surface area contributed by atoms with E-state index in [2.05, 4.69) is 10.6 Å². The van der Waals surface area contributed by atoms with Crippen molar-refractivity contribution >= 4 is 5.78 Å². The number of ketones is 1. The van der Waals surface area contributed by atoms with Crippen molar-refractivity contribution in [1.29, 1.82) is 0 Å². The molecule has 2 saturated heterocycles. The summed E-state index contributed by atoms with van der Waals surface area (Å²) >= 11 is 0. The summed E-state index contributed by atoms with van der Waals surface area (Å²) < 4.78 is 0. The summed E-state index contributed by atoms with van der Waals surface area (Å²) in [5.41, 5.74) is 0. The molecule has 2 aliphatic heterocycles. The van der Waals surface area contributed by atoms with Crippen LogP contribution in [0, 0.1) is 5.92 Å². The van der Waals surface area contributed by atoms with Crippen molar-refractivity contribution in [3.8, 4) is 0 Å². The topological polar surface area (TPSA) is 41.1 Å². The first-order chi connectivity index (χ1) is 6.86. The van der Waals surface area contributed by atoms with Gasteiger partial charge in [0.1, 0.15) is 5.78 Å². The number of carbonyl (C=O) groups excluding carboxylic acids is 1. The van der Waals surface area contributed by atoms with Crippen molar-refractivity contribution in [3.63, 3.8) is 0 Å². The Labute approximate surface area is 85.6 Å². The number of Topliss-reactive ketones (excluding diaryl/α,β-unsaturated/α-hetero) is 1. The van der Waals surface area contributed by atoms with Gasteiger partial charge in [-0.2, -0.15) is 0 Å². The van der Waals surface area contributed by atoms with Crippen LogP contribution in [0.1, 0.15) is 32.1 Å². The highest BCUT2D eigenvalue weighted by Gasteiger charge is 2.24. The van der Waals surface area contributed by atoms with Crippen LogP contribution in [0.5, 0.6) is 0 Å². The Morgan fingerprint density at radius 3 is 2.57 bits per heavy atom. The van der Waals surface area contributed by atoms with Gasteiger partial charge in [-0.25, -0.2) is 0 Å². The third-order valence-electron chi connectivity index (χ3n) is 3.40. The van der Waals surface area contributed by atoms with Gasteiger partial charge in [-0.3, -0.25) is 4.79 Å². The fraction of sp³-hybridized carbons (Fsp3) is 0.909. The van der Waals surface area contributed by atoms with Crippen molar-refractivity contribution in [1.82, 2.24) is 10.6 Å². The normalized spacial score (nSPS) is 29.3. The molecule has 2 fully saturated rings. The van der Waals surface area contributed by atoms with Crippen molar-refractivity contribution in [3.05, 3.63) is 0 Å². The number of nitrogens with one attached hydrogen (secondary N) is 2. The van der Waals surface area contributed by atoms with Crippen molar-refractivity contribution in [2.24, 2.45) is 5.92 Å².